The summed E-state index contributed by atoms with van der Waals surface area (Å²) in [5, 5.41) is 17.4. The number of hydrogen-bond donors (Lipinski definition) is 2. The standard InChI is InChI=1S/C42H51ClN6O7S/c1-7-31(8-2)47(21-20-46(6)35(50)16-17-36(51)52)24-27-10-9-11-28(22-27)39(54)45-40-37(33-18-19-48(26-34(33)57-40)41(55)56-42(3,4)5)38(53)29-23-44-49(25-29)32-14-12-30(43)13-15-32/h9-15,22-23,25,31H,7-8,16-21,24,26H2,1-6H3,(H,45,54)(H,51,52). The van der Waals surface area contributed by atoms with Gasteiger partial charge in [-0.25, -0.2) is 9.48 Å². The molecule has 1 aliphatic rings. The van der Waals surface area contributed by atoms with Crippen molar-refractivity contribution in [2.24, 2.45) is 0 Å². The fourth-order valence-electron chi connectivity index (χ4n) is 6.76. The second-order valence-corrected chi connectivity index (χ2v) is 16.7. The number of nitrogens with one attached hydrogen (secondary N) is 1. The van der Waals surface area contributed by atoms with Crippen molar-refractivity contribution in [2.45, 2.75) is 91.5 Å². The van der Waals surface area contributed by atoms with Gasteiger partial charge in [0.15, 0.2) is 5.78 Å². The summed E-state index contributed by atoms with van der Waals surface area (Å²) in [5.74, 6) is -1.91. The molecule has 2 aromatic heterocycles. The molecule has 0 fully saturated rings. The molecule has 0 saturated heterocycles. The van der Waals surface area contributed by atoms with Crippen LogP contribution in [0.2, 0.25) is 5.02 Å². The number of carbonyl (C=O) groups is 5. The molecule has 4 aromatic rings. The molecule has 3 amide bonds. The number of hydrogen-bond acceptors (Lipinski definition) is 9. The Bertz CT molecular complexity index is 2090. The van der Waals surface area contributed by atoms with Crippen LogP contribution in [0, 0.1) is 0 Å². The van der Waals surface area contributed by atoms with Crippen LogP contribution in [0.25, 0.3) is 5.69 Å². The van der Waals surface area contributed by atoms with Crippen molar-refractivity contribution < 1.29 is 33.8 Å². The van der Waals surface area contributed by atoms with E-state index in [9.17, 15) is 24.0 Å². The molecule has 15 heteroatoms. The third-order valence-corrected chi connectivity index (χ3v) is 11.2. The number of ketones is 1. The first-order chi connectivity index (χ1) is 27.1. The van der Waals surface area contributed by atoms with Crippen molar-refractivity contribution >= 4 is 57.6 Å². The zero-order valence-electron chi connectivity index (χ0n) is 33.3. The van der Waals surface area contributed by atoms with Gasteiger partial charge in [-0.05, 0) is 87.6 Å². The molecule has 0 bridgehead atoms. The van der Waals surface area contributed by atoms with Crippen LogP contribution in [0.15, 0.2) is 60.9 Å². The molecule has 5 rings (SSSR count). The van der Waals surface area contributed by atoms with Gasteiger partial charge in [0.1, 0.15) is 10.6 Å². The van der Waals surface area contributed by atoms with Crippen LogP contribution >= 0.6 is 22.9 Å². The Kier molecular flexibility index (Phi) is 14.3. The van der Waals surface area contributed by atoms with Gasteiger partial charge in [0.2, 0.25) is 5.91 Å². The number of nitrogens with zero attached hydrogens (tertiary/aromatic N) is 5. The Morgan fingerprint density at radius 1 is 1.02 bits per heavy atom. The lowest BCUT2D eigenvalue weighted by atomic mass is 9.97. The Morgan fingerprint density at radius 2 is 1.74 bits per heavy atom. The van der Waals surface area contributed by atoms with Gasteiger partial charge in [0.05, 0.1) is 36.0 Å². The molecule has 0 unspecified atom stereocenters. The molecule has 0 atom stereocenters. The van der Waals surface area contributed by atoms with Crippen LogP contribution in [0.5, 0.6) is 0 Å². The first-order valence-corrected chi connectivity index (χ1v) is 20.3. The van der Waals surface area contributed by atoms with Crippen LogP contribution < -0.4 is 5.32 Å². The largest absolute Gasteiger partial charge is 0.481 e. The van der Waals surface area contributed by atoms with Crippen LogP contribution in [0.1, 0.15) is 103 Å². The summed E-state index contributed by atoms with van der Waals surface area (Å²) in [7, 11) is 1.68. The van der Waals surface area contributed by atoms with E-state index in [1.807, 2.05) is 39.0 Å². The zero-order chi connectivity index (χ0) is 41.4. The third kappa shape index (κ3) is 11.3. The predicted molar refractivity (Wildman–Crippen MR) is 220 cm³/mol. The van der Waals surface area contributed by atoms with Gasteiger partial charge in [-0.15, -0.1) is 11.3 Å². The first-order valence-electron chi connectivity index (χ1n) is 19.1. The number of fused-ring (bicyclic) bond motifs is 1. The average Bonchev–Trinajstić information content (AvgIpc) is 3.81. The van der Waals surface area contributed by atoms with Crippen molar-refractivity contribution in [3.8, 4) is 5.69 Å². The summed E-state index contributed by atoms with van der Waals surface area (Å²) in [6.07, 6.45) is 4.61. The summed E-state index contributed by atoms with van der Waals surface area (Å²) >= 11 is 7.36. The van der Waals surface area contributed by atoms with E-state index in [1.165, 1.54) is 17.5 Å². The van der Waals surface area contributed by atoms with Crippen molar-refractivity contribution in [3.05, 3.63) is 98.6 Å². The van der Waals surface area contributed by atoms with E-state index in [0.29, 0.717) is 59.3 Å². The minimum absolute atomic E-state index is 0.0520. The Labute approximate surface area is 342 Å². The first kappa shape index (κ1) is 43.1. The molecule has 2 N–H and O–H groups in total. The zero-order valence-corrected chi connectivity index (χ0v) is 34.9. The summed E-state index contributed by atoms with van der Waals surface area (Å²) < 4.78 is 7.23. The Hall–Kier alpha value is -5.05. The Balaban J connectivity index is 1.39. The van der Waals surface area contributed by atoms with Crippen molar-refractivity contribution in [2.75, 3.05) is 32.0 Å². The molecule has 0 spiro atoms. The SMILES string of the molecule is CCC(CC)N(CCN(C)C(=O)CCC(=O)O)Cc1cccc(C(=O)Nc2sc3c(c2C(=O)c2cnn(-c4ccc(Cl)cc4)c2)CCN(C(=O)OC(C)(C)C)C3)c1. The fourth-order valence-corrected chi connectivity index (χ4v) is 8.14. The number of aromatic nitrogens is 2. The van der Waals surface area contributed by atoms with E-state index in [2.05, 4.69) is 29.2 Å². The third-order valence-electron chi connectivity index (χ3n) is 9.83. The second-order valence-electron chi connectivity index (χ2n) is 15.1. The van der Waals surface area contributed by atoms with Crippen LogP contribution in [0.4, 0.5) is 9.80 Å². The predicted octanol–water partition coefficient (Wildman–Crippen LogP) is 7.68. The van der Waals surface area contributed by atoms with Crippen molar-refractivity contribution in [1.29, 1.82) is 0 Å². The number of rotatable bonds is 16. The molecule has 0 radical (unpaired) electrons. The number of benzene rings is 2. The molecular formula is C42H51ClN6O7S. The summed E-state index contributed by atoms with van der Waals surface area (Å²) in [5.41, 5.74) is 2.86. The summed E-state index contributed by atoms with van der Waals surface area (Å²) in [6, 6.07) is 14.7. The molecule has 0 aliphatic carbocycles. The molecular weight excluding hydrogens is 768 g/mol. The van der Waals surface area contributed by atoms with Crippen LogP contribution in [-0.4, -0.2) is 97.6 Å². The summed E-state index contributed by atoms with van der Waals surface area (Å²) in [6.45, 7) is 11.8. The lowest BCUT2D eigenvalue weighted by Gasteiger charge is -2.32. The van der Waals surface area contributed by atoms with E-state index < -0.39 is 17.7 Å². The van der Waals surface area contributed by atoms with E-state index in [4.69, 9.17) is 21.4 Å². The number of carboxylic acids is 1. The highest BCUT2D eigenvalue weighted by Gasteiger charge is 2.33. The number of anilines is 1. The van der Waals surface area contributed by atoms with E-state index in [1.54, 1.807) is 58.1 Å². The Morgan fingerprint density at radius 3 is 2.40 bits per heavy atom. The maximum atomic E-state index is 14.4. The number of aliphatic carboxylic acids is 1. The normalized spacial score (nSPS) is 12.8. The molecule has 1 aliphatic heterocycles. The molecule has 2 aromatic carbocycles. The van der Waals surface area contributed by atoms with Gasteiger partial charge in [-0.3, -0.25) is 24.1 Å². The minimum atomic E-state index is -1.01. The van der Waals surface area contributed by atoms with E-state index >= 15 is 0 Å². The van der Waals surface area contributed by atoms with Crippen molar-refractivity contribution in [3.63, 3.8) is 0 Å². The van der Waals surface area contributed by atoms with Crippen LogP contribution in [-0.2, 0) is 33.8 Å². The van der Waals surface area contributed by atoms with Crippen molar-refractivity contribution in [1.82, 2.24) is 24.5 Å². The molecule has 0 saturated carbocycles. The minimum Gasteiger partial charge on any atom is -0.481 e. The number of ether oxygens (including phenoxy) is 1. The van der Waals surface area contributed by atoms with Gasteiger partial charge in [0.25, 0.3) is 5.91 Å². The number of likely N-dealkylation sites (N-methyl/N-ethyl adjacent to an activating group) is 1. The lowest BCUT2D eigenvalue weighted by Crippen LogP contribution is -2.41. The molecule has 13 nitrogen and oxygen atoms in total. The fraction of sp³-hybridized carbons (Fsp3) is 0.429. The highest BCUT2D eigenvalue weighted by Crippen LogP contribution is 2.39. The van der Waals surface area contributed by atoms with Gasteiger partial charge in [-0.2, -0.15) is 5.10 Å². The number of carbonyl (C=O) groups excluding carboxylic acids is 4. The smallest absolute Gasteiger partial charge is 0.410 e. The number of halogens is 1. The topological polar surface area (TPSA) is 154 Å². The van der Waals surface area contributed by atoms with Gasteiger partial charge in [-0.1, -0.05) is 37.6 Å². The molecule has 3 heterocycles. The number of thiophene rings is 1. The van der Waals surface area contributed by atoms with Crippen LogP contribution in [0.3, 0.4) is 0 Å². The summed E-state index contributed by atoms with van der Waals surface area (Å²) in [4.78, 5) is 71.2. The molecule has 304 valence electrons. The van der Waals surface area contributed by atoms with Gasteiger partial charge < -0.3 is 25.0 Å². The van der Waals surface area contributed by atoms with E-state index in [-0.39, 0.29) is 43.0 Å². The highest BCUT2D eigenvalue weighted by molar-refractivity contribution is 7.17. The quantitative estimate of drug-likeness (QED) is 0.108. The number of carboxylic acid groups (broad SMARTS) is 1. The second kappa shape index (κ2) is 18.9. The van der Waals surface area contributed by atoms with E-state index in [0.717, 1.165) is 34.5 Å². The number of amides is 3. The molecule has 57 heavy (non-hydrogen) atoms. The van der Waals surface area contributed by atoms with Gasteiger partial charge in [0, 0.05) is 67.3 Å². The maximum absolute atomic E-state index is 14.4. The lowest BCUT2D eigenvalue weighted by molar-refractivity contribution is -0.140. The van der Waals surface area contributed by atoms with Gasteiger partial charge >= 0.3 is 12.1 Å². The maximum Gasteiger partial charge on any atom is 0.410 e. The monoisotopic (exact) mass is 818 g/mol. The highest BCUT2D eigenvalue weighted by atomic mass is 35.5. The average molecular weight is 819 g/mol.